The predicted molar refractivity (Wildman–Crippen MR) is 249 cm³/mol. The van der Waals surface area contributed by atoms with E-state index < -0.39 is 53.7 Å². The summed E-state index contributed by atoms with van der Waals surface area (Å²) in [5, 5.41) is 19.9. The van der Waals surface area contributed by atoms with E-state index in [0.717, 1.165) is 30.4 Å². The summed E-state index contributed by atoms with van der Waals surface area (Å²) in [7, 11) is 1.42. The summed E-state index contributed by atoms with van der Waals surface area (Å²) in [6, 6.07) is 13.2. The fraction of sp³-hybridized carbons (Fsp3) is 0.417. The molecule has 66 heavy (non-hydrogen) atoms. The van der Waals surface area contributed by atoms with E-state index in [1.807, 2.05) is 19.1 Å². The van der Waals surface area contributed by atoms with Crippen LogP contribution in [0.1, 0.15) is 77.5 Å². The number of fused-ring (bicyclic) bond motifs is 5. The first-order chi connectivity index (χ1) is 31.7. The minimum atomic E-state index is -1.40. The molecule has 0 saturated carbocycles. The van der Waals surface area contributed by atoms with Gasteiger partial charge < -0.3 is 52.8 Å². The number of nitrogens with zero attached hydrogens (tertiary/aromatic N) is 4. The first-order valence-electron chi connectivity index (χ1n) is 22.1. The van der Waals surface area contributed by atoms with Crippen molar-refractivity contribution in [3.05, 3.63) is 94.3 Å². The molecular weight excluding hydrogens is 843 g/mol. The lowest BCUT2D eigenvalue weighted by Gasteiger charge is -2.32. The zero-order valence-corrected chi connectivity index (χ0v) is 38.2. The van der Waals surface area contributed by atoms with Crippen LogP contribution >= 0.6 is 0 Å². The molecule has 0 saturated heterocycles. The van der Waals surface area contributed by atoms with Gasteiger partial charge in [0, 0.05) is 49.4 Å². The molecule has 1 aliphatic rings. The van der Waals surface area contributed by atoms with Crippen molar-refractivity contribution >= 4 is 29.5 Å². The van der Waals surface area contributed by atoms with Crippen LogP contribution in [0.15, 0.2) is 60.8 Å². The molecular formula is C48H61N11O7. The van der Waals surface area contributed by atoms with E-state index in [1.165, 1.54) is 30.6 Å². The van der Waals surface area contributed by atoms with Gasteiger partial charge in [-0.2, -0.15) is 5.26 Å². The predicted octanol–water partition coefficient (Wildman–Crippen LogP) is 2.28. The number of unbranched alkanes of at least 4 members (excludes halogenated alkanes) is 1. The SMILES string of the molecule is CCCCc1ccc(-c2ncc(C(=O)N[C@@H](CCN)C(=O)N(C)[C@@H]3C(=O)N[C@@H](C)C(=O)N[C@H](C(=O)NCC#N)Cc4ccc(OCCN)c(c4)-c4cc3ccc4OCCN)c(C)n2)c(C)c1. The van der Waals surface area contributed by atoms with Gasteiger partial charge in [0.15, 0.2) is 5.82 Å². The van der Waals surface area contributed by atoms with Crippen LogP contribution in [-0.2, 0) is 32.0 Å². The number of aromatic nitrogens is 2. The van der Waals surface area contributed by atoms with Gasteiger partial charge in [0.1, 0.15) is 55.4 Å². The average molecular weight is 904 g/mol. The highest BCUT2D eigenvalue weighted by atomic mass is 16.5. The Morgan fingerprint density at radius 3 is 2.26 bits per heavy atom. The van der Waals surface area contributed by atoms with Crippen molar-refractivity contribution in [2.24, 2.45) is 17.2 Å². The van der Waals surface area contributed by atoms with Crippen LogP contribution in [0, 0.1) is 25.2 Å². The third kappa shape index (κ3) is 12.4. The van der Waals surface area contributed by atoms with Crippen LogP contribution in [0.5, 0.6) is 11.5 Å². The zero-order valence-electron chi connectivity index (χ0n) is 38.2. The number of hydrogen-bond donors (Lipinski definition) is 7. The molecule has 18 nitrogen and oxygen atoms in total. The first kappa shape index (κ1) is 50.1. The van der Waals surface area contributed by atoms with Crippen molar-refractivity contribution in [1.82, 2.24) is 36.1 Å². The lowest BCUT2D eigenvalue weighted by molar-refractivity contribution is -0.141. The number of nitrogens with one attached hydrogen (secondary N) is 4. The highest BCUT2D eigenvalue weighted by Gasteiger charge is 2.36. The lowest BCUT2D eigenvalue weighted by Crippen LogP contribution is -2.56. The summed E-state index contributed by atoms with van der Waals surface area (Å²) in [5.41, 5.74) is 23.2. The molecule has 0 aliphatic carbocycles. The quantitative estimate of drug-likeness (QED) is 0.0707. The van der Waals surface area contributed by atoms with Crippen molar-refractivity contribution in [1.29, 1.82) is 5.26 Å². The second-order valence-corrected chi connectivity index (χ2v) is 16.1. The molecule has 5 amide bonds. The summed E-state index contributed by atoms with van der Waals surface area (Å²) < 4.78 is 12.2. The summed E-state index contributed by atoms with van der Waals surface area (Å²) in [6.07, 6.45) is 4.59. The monoisotopic (exact) mass is 903 g/mol. The van der Waals surface area contributed by atoms with Crippen LogP contribution in [0.3, 0.4) is 0 Å². The third-order valence-corrected chi connectivity index (χ3v) is 11.2. The van der Waals surface area contributed by atoms with Gasteiger partial charge in [0.2, 0.25) is 23.6 Å². The van der Waals surface area contributed by atoms with E-state index >= 15 is 0 Å². The van der Waals surface area contributed by atoms with Crippen LogP contribution in [0.25, 0.3) is 22.5 Å². The van der Waals surface area contributed by atoms with Gasteiger partial charge in [-0.05, 0) is 93.1 Å². The van der Waals surface area contributed by atoms with Crippen LogP contribution < -0.4 is 47.9 Å². The van der Waals surface area contributed by atoms with Crippen molar-refractivity contribution in [2.75, 3.05) is 46.4 Å². The smallest absolute Gasteiger partial charge is 0.255 e. The fourth-order valence-corrected chi connectivity index (χ4v) is 7.70. The highest BCUT2D eigenvalue weighted by Crippen LogP contribution is 2.40. The average Bonchev–Trinajstić information content (AvgIpc) is 3.30. The van der Waals surface area contributed by atoms with Gasteiger partial charge in [-0.1, -0.05) is 43.7 Å². The van der Waals surface area contributed by atoms with Crippen molar-refractivity contribution in [3.63, 3.8) is 0 Å². The van der Waals surface area contributed by atoms with Gasteiger partial charge in [0.05, 0.1) is 17.3 Å². The first-order valence-corrected chi connectivity index (χ1v) is 22.1. The van der Waals surface area contributed by atoms with E-state index in [4.69, 9.17) is 31.9 Å². The van der Waals surface area contributed by atoms with Gasteiger partial charge in [-0.15, -0.1) is 0 Å². The molecule has 0 fully saturated rings. The van der Waals surface area contributed by atoms with Crippen molar-refractivity contribution in [3.8, 4) is 40.1 Å². The lowest BCUT2D eigenvalue weighted by atomic mass is 9.93. The normalized spacial score (nSPS) is 16.4. The number of carbonyl (C=O) groups excluding carboxylic acids is 5. The molecule has 1 aliphatic heterocycles. The Labute approximate surface area is 385 Å². The standard InChI is InChI=1S/C48H61N11O7/c1-6-7-8-31-9-12-34(28(2)23-31)43-54-27-37(29(3)55-43)45(61)57-38(15-16-49)48(64)59(5)42-33-11-14-41(66-22-19-52)36(26-33)35-24-32(10-13-40(35)65-21-18-51)25-39(46(62)53-20-17-50)58-44(60)30(4)56-47(42)63/h9-14,23-24,26-27,30,38-39,42H,6-8,15-16,18-22,25,49,51-52H2,1-5H3,(H,53,62)(H,56,63)(H,57,61)(H,58,60)/t30-,38-,39-,42-/m0/s1. The Morgan fingerprint density at radius 1 is 0.924 bits per heavy atom. The highest BCUT2D eigenvalue weighted by molar-refractivity contribution is 6.00. The minimum absolute atomic E-state index is 0.00288. The van der Waals surface area contributed by atoms with E-state index in [1.54, 1.807) is 43.3 Å². The maximum Gasteiger partial charge on any atom is 0.255 e. The molecule has 1 aromatic heterocycles. The number of nitrogens with two attached hydrogens (primary N) is 3. The number of amides is 5. The fourth-order valence-electron chi connectivity index (χ4n) is 7.70. The minimum Gasteiger partial charge on any atom is -0.492 e. The van der Waals surface area contributed by atoms with E-state index in [0.29, 0.717) is 45.3 Å². The Hall–Kier alpha value is -6.94. The number of carbonyl (C=O) groups is 5. The van der Waals surface area contributed by atoms with E-state index in [2.05, 4.69) is 50.3 Å². The van der Waals surface area contributed by atoms with E-state index in [9.17, 15) is 24.0 Å². The van der Waals surface area contributed by atoms with Gasteiger partial charge >= 0.3 is 0 Å². The molecule has 5 rings (SSSR count). The maximum atomic E-state index is 14.7. The second kappa shape index (κ2) is 23.8. The molecule has 10 N–H and O–H groups in total. The molecule has 0 radical (unpaired) electrons. The summed E-state index contributed by atoms with van der Waals surface area (Å²) in [5.74, 6) is -2.11. The van der Waals surface area contributed by atoms with Crippen LogP contribution in [-0.4, -0.2) is 109 Å². The number of aryl methyl sites for hydroxylation is 3. The summed E-state index contributed by atoms with van der Waals surface area (Å²) in [4.78, 5) is 80.6. The number of benzene rings is 3. The zero-order chi connectivity index (χ0) is 47.9. The van der Waals surface area contributed by atoms with Crippen molar-refractivity contribution < 1.29 is 33.4 Å². The number of ether oxygens (including phenoxy) is 2. The molecule has 18 heteroatoms. The molecule has 3 aromatic carbocycles. The van der Waals surface area contributed by atoms with Crippen molar-refractivity contribution in [2.45, 2.75) is 84.0 Å². The second-order valence-electron chi connectivity index (χ2n) is 16.1. The van der Waals surface area contributed by atoms with E-state index in [-0.39, 0.29) is 57.8 Å². The third-order valence-electron chi connectivity index (χ3n) is 11.2. The molecule has 4 bridgehead atoms. The Morgan fingerprint density at radius 2 is 1.62 bits per heavy atom. The molecule has 2 heterocycles. The number of nitriles is 1. The van der Waals surface area contributed by atoms with Crippen LogP contribution in [0.4, 0.5) is 0 Å². The molecule has 0 unspecified atom stereocenters. The molecule has 4 aromatic rings. The number of rotatable bonds is 18. The van der Waals surface area contributed by atoms with Gasteiger partial charge in [-0.3, -0.25) is 24.0 Å². The Bertz CT molecular complexity index is 2440. The molecule has 350 valence electrons. The number of likely N-dealkylation sites (N-methyl/N-ethyl adjacent to an activating group) is 1. The Balaban J connectivity index is 1.55. The summed E-state index contributed by atoms with van der Waals surface area (Å²) in [6.45, 7) is 7.65. The summed E-state index contributed by atoms with van der Waals surface area (Å²) >= 11 is 0. The topological polar surface area (TPSA) is 283 Å². The largest absolute Gasteiger partial charge is 0.492 e. The molecule has 4 atom stereocenters. The number of hydrogen-bond acceptors (Lipinski definition) is 13. The Kier molecular flexibility index (Phi) is 18.1. The van der Waals surface area contributed by atoms with Crippen LogP contribution in [0.2, 0.25) is 0 Å². The maximum absolute atomic E-state index is 14.7. The van der Waals surface area contributed by atoms with Gasteiger partial charge in [0.25, 0.3) is 5.91 Å². The molecule has 0 spiro atoms. The van der Waals surface area contributed by atoms with Gasteiger partial charge in [-0.25, -0.2) is 9.97 Å².